The van der Waals surface area contributed by atoms with Gasteiger partial charge in [0.15, 0.2) is 5.65 Å². The van der Waals surface area contributed by atoms with Crippen LogP contribution < -0.4 is 4.74 Å². The zero-order valence-corrected chi connectivity index (χ0v) is 18.4. The number of halogens is 2. The summed E-state index contributed by atoms with van der Waals surface area (Å²) in [6.45, 7) is 1.77. The molecule has 7 nitrogen and oxygen atoms in total. The molecule has 0 spiro atoms. The Labute approximate surface area is 193 Å². The van der Waals surface area contributed by atoms with E-state index in [-0.39, 0.29) is 17.5 Å². The molecule has 1 fully saturated rings. The van der Waals surface area contributed by atoms with Crippen molar-refractivity contribution in [1.29, 1.82) is 0 Å². The van der Waals surface area contributed by atoms with Crippen LogP contribution in [0.15, 0.2) is 48.8 Å². The van der Waals surface area contributed by atoms with E-state index in [9.17, 15) is 18.7 Å². The van der Waals surface area contributed by atoms with Gasteiger partial charge in [-0.05, 0) is 56.4 Å². The maximum absolute atomic E-state index is 14.9. The van der Waals surface area contributed by atoms with Crippen LogP contribution in [0, 0.1) is 17.0 Å². The van der Waals surface area contributed by atoms with Crippen molar-refractivity contribution in [2.24, 2.45) is 5.41 Å². The lowest BCUT2D eigenvalue weighted by atomic mass is 9.75. The van der Waals surface area contributed by atoms with Crippen LogP contribution in [0.4, 0.5) is 8.78 Å². The average Bonchev–Trinajstić information content (AvgIpc) is 3.24. The highest BCUT2D eigenvalue weighted by Gasteiger charge is 2.38. The van der Waals surface area contributed by atoms with Gasteiger partial charge in [-0.25, -0.2) is 23.7 Å². The van der Waals surface area contributed by atoms with Crippen LogP contribution in [0.1, 0.15) is 32.6 Å². The molecule has 1 aliphatic rings. The summed E-state index contributed by atoms with van der Waals surface area (Å²) in [6, 6.07) is 9.54. The fourth-order valence-corrected chi connectivity index (χ4v) is 4.24. The van der Waals surface area contributed by atoms with Crippen LogP contribution in [0.25, 0.3) is 33.7 Å². The Morgan fingerprint density at radius 1 is 1.09 bits per heavy atom. The molecule has 9 heteroatoms. The largest absolute Gasteiger partial charge is 0.481 e. The Morgan fingerprint density at radius 3 is 2.53 bits per heavy atom. The predicted molar refractivity (Wildman–Crippen MR) is 121 cm³/mol. The van der Waals surface area contributed by atoms with Crippen molar-refractivity contribution in [2.45, 2.75) is 38.7 Å². The molecule has 0 amide bonds. The van der Waals surface area contributed by atoms with Crippen LogP contribution in [-0.2, 0) is 4.79 Å². The molecular weight excluding hydrogens is 442 g/mol. The highest BCUT2D eigenvalue weighted by atomic mass is 19.1. The number of aliphatic carboxylic acids is 1. The van der Waals surface area contributed by atoms with Gasteiger partial charge in [0.2, 0.25) is 5.88 Å². The number of imidazole rings is 1. The molecule has 0 radical (unpaired) electrons. The topological polar surface area (TPSA) is 101 Å². The molecule has 1 aromatic carbocycles. The number of H-pyrrole nitrogens is 1. The first-order valence-electron chi connectivity index (χ1n) is 11.0. The third-order valence-electron chi connectivity index (χ3n) is 6.44. The monoisotopic (exact) mass is 464 g/mol. The molecule has 0 atom stereocenters. The van der Waals surface area contributed by atoms with E-state index >= 15 is 0 Å². The Hall–Kier alpha value is -3.88. The number of benzene rings is 1. The van der Waals surface area contributed by atoms with Gasteiger partial charge in [-0.2, -0.15) is 0 Å². The molecule has 5 rings (SSSR count). The molecule has 1 saturated carbocycles. The van der Waals surface area contributed by atoms with E-state index < -0.39 is 23.0 Å². The Morgan fingerprint density at radius 2 is 1.85 bits per heavy atom. The molecule has 1 aliphatic carbocycles. The number of aromatic amines is 1. The van der Waals surface area contributed by atoms with E-state index in [2.05, 4.69) is 19.9 Å². The molecule has 34 heavy (non-hydrogen) atoms. The van der Waals surface area contributed by atoms with Gasteiger partial charge in [0, 0.05) is 23.9 Å². The fourth-order valence-electron chi connectivity index (χ4n) is 4.24. The summed E-state index contributed by atoms with van der Waals surface area (Å²) in [5.74, 6) is -1.03. The summed E-state index contributed by atoms with van der Waals surface area (Å²) in [6.07, 6.45) is 5.04. The fraction of sp³-hybridized carbons (Fsp3) is 0.280. The van der Waals surface area contributed by atoms with E-state index in [1.54, 1.807) is 37.4 Å². The number of fused-ring (bicyclic) bond motifs is 1. The number of carbonyl (C=O) groups is 1. The van der Waals surface area contributed by atoms with Gasteiger partial charge in [0.1, 0.15) is 23.6 Å². The smallest absolute Gasteiger partial charge is 0.309 e. The molecule has 0 saturated heterocycles. The summed E-state index contributed by atoms with van der Waals surface area (Å²) in [4.78, 5) is 26.8. The van der Waals surface area contributed by atoms with Crippen LogP contribution >= 0.6 is 0 Å². The van der Waals surface area contributed by atoms with E-state index in [4.69, 9.17) is 4.74 Å². The Balaban J connectivity index is 1.29. The van der Waals surface area contributed by atoms with Crippen LogP contribution in [0.3, 0.4) is 0 Å². The molecule has 0 aliphatic heterocycles. The van der Waals surface area contributed by atoms with Crippen LogP contribution in [-0.4, -0.2) is 37.1 Å². The minimum Gasteiger partial charge on any atom is -0.481 e. The third kappa shape index (κ3) is 4.21. The first-order chi connectivity index (χ1) is 16.3. The van der Waals surface area contributed by atoms with Crippen molar-refractivity contribution < 1.29 is 23.4 Å². The lowest BCUT2D eigenvalue weighted by Crippen LogP contribution is -2.36. The first-order valence-corrected chi connectivity index (χ1v) is 11.0. The first kappa shape index (κ1) is 21.9. The molecule has 0 bridgehead atoms. The summed E-state index contributed by atoms with van der Waals surface area (Å²) in [5.41, 5.74) is 1.61. The van der Waals surface area contributed by atoms with E-state index in [1.807, 2.05) is 0 Å². The van der Waals surface area contributed by atoms with Gasteiger partial charge < -0.3 is 14.8 Å². The minimum atomic E-state index is -0.766. The van der Waals surface area contributed by atoms with Crippen molar-refractivity contribution >= 4 is 17.1 Å². The van der Waals surface area contributed by atoms with E-state index in [1.165, 1.54) is 12.1 Å². The summed E-state index contributed by atoms with van der Waals surface area (Å²) in [7, 11) is 0. The van der Waals surface area contributed by atoms with Crippen molar-refractivity contribution in [3.05, 3.63) is 60.4 Å². The number of aromatic nitrogens is 4. The normalized spacial score (nSPS) is 20.4. The second-order valence-electron chi connectivity index (χ2n) is 8.87. The number of carboxylic acid groups (broad SMARTS) is 1. The van der Waals surface area contributed by atoms with Crippen molar-refractivity contribution in [2.75, 3.05) is 0 Å². The molecule has 2 N–H and O–H groups in total. The Bertz CT molecular complexity index is 1360. The van der Waals surface area contributed by atoms with Gasteiger partial charge in [-0.3, -0.25) is 4.79 Å². The van der Waals surface area contributed by atoms with Crippen LogP contribution in [0.5, 0.6) is 5.88 Å². The van der Waals surface area contributed by atoms with Gasteiger partial charge >= 0.3 is 5.97 Å². The number of rotatable bonds is 5. The SMILES string of the molecule is C[C@]1(C(=O)O)CC[C@@H](Oc2ccc(-c3ccc(-c4nc5ncc(F)cc5[nH]4)c(F)c3)cn2)CC1. The zero-order chi connectivity index (χ0) is 23.9. The highest BCUT2D eigenvalue weighted by Crippen LogP contribution is 2.37. The minimum absolute atomic E-state index is 0.0747. The summed E-state index contributed by atoms with van der Waals surface area (Å²) in [5, 5.41) is 9.36. The maximum atomic E-state index is 14.9. The maximum Gasteiger partial charge on any atom is 0.309 e. The Kier molecular flexibility index (Phi) is 5.47. The number of hydrogen-bond acceptors (Lipinski definition) is 5. The van der Waals surface area contributed by atoms with Crippen LogP contribution in [0.2, 0.25) is 0 Å². The number of nitrogens with zero attached hydrogens (tertiary/aromatic N) is 3. The molecule has 174 valence electrons. The second kappa shape index (κ2) is 8.48. The molecule has 3 aromatic heterocycles. The molecule has 3 heterocycles. The third-order valence-corrected chi connectivity index (χ3v) is 6.44. The average molecular weight is 464 g/mol. The quantitative estimate of drug-likeness (QED) is 0.411. The lowest BCUT2D eigenvalue weighted by Gasteiger charge is -2.33. The van der Waals surface area contributed by atoms with Gasteiger partial charge in [0.05, 0.1) is 22.7 Å². The lowest BCUT2D eigenvalue weighted by molar-refractivity contribution is -0.150. The van der Waals surface area contributed by atoms with Crippen molar-refractivity contribution in [3.63, 3.8) is 0 Å². The summed E-state index contributed by atoms with van der Waals surface area (Å²) >= 11 is 0. The number of hydrogen-bond donors (Lipinski definition) is 2. The van der Waals surface area contributed by atoms with E-state index in [0.29, 0.717) is 53.9 Å². The number of carboxylic acids is 1. The van der Waals surface area contributed by atoms with E-state index in [0.717, 1.165) is 6.20 Å². The summed E-state index contributed by atoms with van der Waals surface area (Å²) < 4.78 is 34.2. The number of pyridine rings is 2. The van der Waals surface area contributed by atoms with Crippen molar-refractivity contribution in [3.8, 4) is 28.4 Å². The molecule has 4 aromatic rings. The van der Waals surface area contributed by atoms with Gasteiger partial charge in [-0.15, -0.1) is 0 Å². The van der Waals surface area contributed by atoms with Gasteiger partial charge in [0.25, 0.3) is 0 Å². The molecular formula is C25H22F2N4O3. The predicted octanol–water partition coefficient (Wildman–Crippen LogP) is 5.38. The second-order valence-corrected chi connectivity index (χ2v) is 8.87. The highest BCUT2D eigenvalue weighted by molar-refractivity contribution is 5.77. The zero-order valence-electron chi connectivity index (χ0n) is 18.4. The standard InChI is InChI=1S/C25H22F2N4O3/c1-25(24(32)33)8-6-17(7-9-25)34-21-5-3-15(12-28-21)14-2-4-18(19(27)10-14)22-30-20-11-16(26)13-29-23(20)31-22/h2-5,10-13,17H,6-9H2,1H3,(H,32,33)(H,29,30,31)/t17-,25+. The number of nitrogens with one attached hydrogen (secondary N) is 1. The van der Waals surface area contributed by atoms with Crippen molar-refractivity contribution in [1.82, 2.24) is 19.9 Å². The molecule has 0 unspecified atom stereocenters. The van der Waals surface area contributed by atoms with Gasteiger partial charge in [-0.1, -0.05) is 6.07 Å². The number of ether oxygens (including phenoxy) is 1.